The van der Waals surface area contributed by atoms with E-state index in [1.54, 1.807) is 38.1 Å². The molecule has 5 atom stereocenters. The molecule has 2 N–H and O–H groups in total. The number of benzene rings is 2. The summed E-state index contributed by atoms with van der Waals surface area (Å²) < 4.78 is 74.3. The molecule has 0 aromatic heterocycles. The minimum Gasteiger partial charge on any atom is -0.481 e. The lowest BCUT2D eigenvalue weighted by Crippen LogP contribution is -2.51. The van der Waals surface area contributed by atoms with Gasteiger partial charge in [-0.15, -0.1) is 0 Å². The molecule has 0 bridgehead atoms. The Morgan fingerprint density at radius 2 is 1.74 bits per heavy atom. The van der Waals surface area contributed by atoms with Gasteiger partial charge in [0.2, 0.25) is 10.0 Å². The van der Waals surface area contributed by atoms with Crippen molar-refractivity contribution < 1.29 is 55.8 Å². The standard InChI is InChI=1S/C32H46N3O13PS/c1-5-46-49(40,47-6-2)21-45-25-11-7-23(8-12-25)17-28(33-32(37)48-30-20-44-31-27(30)15-16-43-31)29(36)19-34(18-22(3)4)50(41,42)26-13-9-24(10-14-26)35(38)39/h7-14,22,27-31,36H,5-6,15-21H2,1-4H3,(H,33,37)/t27-,28-,29+,30-,31+/m0/s1. The number of sulfonamides is 1. The number of aliphatic hydroxyl groups excluding tert-OH is 1. The van der Waals surface area contributed by atoms with Crippen LogP contribution < -0.4 is 10.1 Å². The van der Waals surface area contributed by atoms with Crippen LogP contribution in [0.15, 0.2) is 53.4 Å². The van der Waals surface area contributed by atoms with Gasteiger partial charge in [-0.05, 0) is 62.4 Å². The van der Waals surface area contributed by atoms with E-state index in [-0.39, 0.29) is 61.6 Å². The van der Waals surface area contributed by atoms with Crippen LogP contribution in [-0.4, -0.2) is 99.3 Å². The molecule has 4 rings (SSSR count). The average Bonchev–Trinajstić information content (AvgIpc) is 3.69. The number of nitrogens with one attached hydrogen (secondary N) is 1. The largest absolute Gasteiger partial charge is 0.481 e. The molecule has 2 heterocycles. The molecule has 2 aliphatic heterocycles. The van der Waals surface area contributed by atoms with Crippen LogP contribution in [0.3, 0.4) is 0 Å². The highest BCUT2D eigenvalue weighted by Gasteiger charge is 2.44. The van der Waals surface area contributed by atoms with Crippen molar-refractivity contribution in [3.8, 4) is 5.75 Å². The number of ether oxygens (including phenoxy) is 4. The van der Waals surface area contributed by atoms with Gasteiger partial charge in [0.15, 0.2) is 12.6 Å². The van der Waals surface area contributed by atoms with Crippen LogP contribution in [-0.2, 0) is 44.3 Å². The minimum absolute atomic E-state index is 0.0232. The molecular weight excluding hydrogens is 697 g/mol. The van der Waals surface area contributed by atoms with Gasteiger partial charge in [-0.2, -0.15) is 4.31 Å². The number of nitrogens with zero attached hydrogens (tertiary/aromatic N) is 2. The summed E-state index contributed by atoms with van der Waals surface area (Å²) in [7, 11) is -7.67. The fourth-order valence-corrected chi connectivity index (χ4v) is 8.63. The highest BCUT2D eigenvalue weighted by atomic mass is 32.2. The maximum absolute atomic E-state index is 13.7. The fraction of sp³-hybridized carbons (Fsp3) is 0.594. The van der Waals surface area contributed by atoms with E-state index in [1.807, 2.05) is 13.8 Å². The van der Waals surface area contributed by atoms with Gasteiger partial charge in [0.05, 0.1) is 54.3 Å². The molecule has 1 amide bonds. The number of nitro groups is 1. The number of alkyl carbamates (subject to hydrolysis) is 1. The van der Waals surface area contributed by atoms with E-state index in [2.05, 4.69) is 5.32 Å². The smallest absolute Gasteiger partial charge is 0.407 e. The summed E-state index contributed by atoms with van der Waals surface area (Å²) in [5, 5.41) is 25.4. The summed E-state index contributed by atoms with van der Waals surface area (Å²) in [5.41, 5.74) is 0.390. The number of fused-ring (bicyclic) bond motifs is 1. The quantitative estimate of drug-likeness (QED) is 0.117. The lowest BCUT2D eigenvalue weighted by molar-refractivity contribution is -0.384. The van der Waals surface area contributed by atoms with Gasteiger partial charge in [-0.25, -0.2) is 13.2 Å². The first-order chi connectivity index (χ1) is 23.7. The Bertz CT molecular complexity index is 1570. The van der Waals surface area contributed by atoms with Crippen LogP contribution in [0.4, 0.5) is 10.5 Å². The predicted octanol–water partition coefficient (Wildman–Crippen LogP) is 4.30. The maximum Gasteiger partial charge on any atom is 0.407 e. The van der Waals surface area contributed by atoms with Gasteiger partial charge in [-0.3, -0.25) is 14.7 Å². The molecule has 0 saturated carbocycles. The molecule has 0 spiro atoms. The molecule has 18 heteroatoms. The first-order valence-electron chi connectivity index (χ1n) is 16.5. The monoisotopic (exact) mass is 743 g/mol. The number of amides is 1. The Morgan fingerprint density at radius 1 is 1.08 bits per heavy atom. The average molecular weight is 744 g/mol. The van der Waals surface area contributed by atoms with Gasteiger partial charge in [0.25, 0.3) is 5.69 Å². The SMILES string of the molecule is CCOP(=O)(COc1ccc(C[C@H](NC(=O)O[C@H]2CO[C@H]3OCC[C@H]32)[C@H](O)CN(CC(C)C)S(=O)(=O)c2ccc([N+](=O)[O-])cc2)cc1)OCC. The van der Waals surface area contributed by atoms with Crippen molar-refractivity contribution in [2.24, 2.45) is 11.8 Å². The Hall–Kier alpha value is -3.15. The van der Waals surface area contributed by atoms with Gasteiger partial charge in [0, 0.05) is 25.2 Å². The van der Waals surface area contributed by atoms with E-state index in [4.69, 9.17) is 28.0 Å². The Balaban J connectivity index is 1.53. The van der Waals surface area contributed by atoms with Crippen LogP contribution in [0.5, 0.6) is 5.75 Å². The summed E-state index contributed by atoms with van der Waals surface area (Å²) in [6.45, 7) is 7.66. The van der Waals surface area contributed by atoms with Crippen molar-refractivity contribution >= 4 is 29.4 Å². The summed E-state index contributed by atoms with van der Waals surface area (Å²) in [6.07, 6.45) is -2.80. The topological polar surface area (TPSA) is 202 Å². The third-order valence-corrected chi connectivity index (χ3v) is 11.7. The van der Waals surface area contributed by atoms with Gasteiger partial charge < -0.3 is 38.4 Å². The number of aliphatic hydroxyl groups is 1. The molecule has 0 unspecified atom stereocenters. The fourth-order valence-electron chi connectivity index (χ4n) is 5.69. The molecular formula is C32H46N3O13PS. The lowest BCUT2D eigenvalue weighted by Gasteiger charge is -2.31. The number of hydrogen-bond acceptors (Lipinski definition) is 13. The zero-order valence-electron chi connectivity index (χ0n) is 28.5. The van der Waals surface area contributed by atoms with Crippen LogP contribution in [0.2, 0.25) is 0 Å². The van der Waals surface area contributed by atoms with E-state index >= 15 is 0 Å². The van der Waals surface area contributed by atoms with Gasteiger partial charge in [-0.1, -0.05) is 26.0 Å². The Labute approximate surface area is 292 Å². The van der Waals surface area contributed by atoms with Crippen LogP contribution in [0.25, 0.3) is 0 Å². The minimum atomic E-state index is -4.21. The maximum atomic E-state index is 13.7. The van der Waals surface area contributed by atoms with Crippen molar-refractivity contribution in [3.63, 3.8) is 0 Å². The molecule has 2 aromatic rings. The van der Waals surface area contributed by atoms with Gasteiger partial charge in [0.1, 0.15) is 11.9 Å². The first-order valence-corrected chi connectivity index (χ1v) is 19.6. The van der Waals surface area contributed by atoms with Gasteiger partial charge >= 0.3 is 13.7 Å². The molecule has 2 saturated heterocycles. The molecule has 2 aromatic carbocycles. The highest BCUT2D eigenvalue weighted by molar-refractivity contribution is 7.89. The predicted molar refractivity (Wildman–Crippen MR) is 180 cm³/mol. The zero-order chi connectivity index (χ0) is 36.5. The number of carbonyl (C=O) groups is 1. The molecule has 0 aliphatic carbocycles. The highest BCUT2D eigenvalue weighted by Crippen LogP contribution is 2.47. The van der Waals surface area contributed by atoms with E-state index < -0.39 is 59.7 Å². The number of nitro benzene ring substituents is 1. The van der Waals surface area contributed by atoms with Crippen LogP contribution in [0.1, 0.15) is 39.7 Å². The van der Waals surface area contributed by atoms with Crippen LogP contribution in [0, 0.1) is 22.0 Å². The van der Waals surface area contributed by atoms with E-state index in [1.165, 1.54) is 0 Å². The third kappa shape index (κ3) is 10.7. The van der Waals surface area contributed by atoms with E-state index in [0.29, 0.717) is 24.3 Å². The van der Waals surface area contributed by atoms with Crippen molar-refractivity contribution in [3.05, 3.63) is 64.2 Å². The second-order valence-electron chi connectivity index (χ2n) is 12.3. The van der Waals surface area contributed by atoms with Crippen molar-refractivity contribution in [2.75, 3.05) is 45.9 Å². The third-order valence-electron chi connectivity index (χ3n) is 8.08. The number of rotatable bonds is 19. The Kier molecular flexibility index (Phi) is 14.2. The first kappa shape index (κ1) is 39.6. The summed E-state index contributed by atoms with van der Waals surface area (Å²) >= 11 is 0. The number of hydrogen-bond donors (Lipinski definition) is 2. The molecule has 2 fully saturated rings. The lowest BCUT2D eigenvalue weighted by atomic mass is 10.0. The second kappa shape index (κ2) is 17.9. The van der Waals surface area contributed by atoms with Crippen LogP contribution >= 0.6 is 7.60 Å². The normalized spacial score (nSPS) is 20.4. The zero-order valence-corrected chi connectivity index (χ0v) is 30.3. The Morgan fingerprint density at radius 3 is 2.34 bits per heavy atom. The molecule has 0 radical (unpaired) electrons. The van der Waals surface area contributed by atoms with E-state index in [0.717, 1.165) is 28.6 Å². The summed E-state index contributed by atoms with van der Waals surface area (Å²) in [6, 6.07) is 10.1. The summed E-state index contributed by atoms with van der Waals surface area (Å²) in [4.78, 5) is 23.5. The van der Waals surface area contributed by atoms with Crippen molar-refractivity contribution in [2.45, 2.75) is 70.0 Å². The number of carbonyl (C=O) groups excluding carboxylic acids is 1. The summed E-state index contributed by atoms with van der Waals surface area (Å²) in [5.74, 6) is 0.110. The van der Waals surface area contributed by atoms with E-state index in [9.17, 15) is 33.0 Å². The molecule has 16 nitrogen and oxygen atoms in total. The van der Waals surface area contributed by atoms with Crippen molar-refractivity contribution in [1.82, 2.24) is 9.62 Å². The number of non-ortho nitro benzene ring substituents is 1. The second-order valence-corrected chi connectivity index (χ2v) is 16.3. The van der Waals surface area contributed by atoms with Crippen molar-refractivity contribution in [1.29, 1.82) is 0 Å². The molecule has 50 heavy (non-hydrogen) atoms. The molecule has 2 aliphatic rings. The molecule has 278 valence electrons.